The summed E-state index contributed by atoms with van der Waals surface area (Å²) in [5, 5.41) is 0. The summed E-state index contributed by atoms with van der Waals surface area (Å²) in [7, 11) is 0. The Labute approximate surface area is 122 Å². The molecule has 0 heterocycles. The molecule has 0 spiro atoms. The van der Waals surface area contributed by atoms with Gasteiger partial charge in [0.15, 0.2) is 5.78 Å². The standard InChI is InChI=1S/C15H20BrFO2/c1-5-19-14(15(2,3)4)13(18)9-10-8-11(16)6-7-12(10)17/h6-8,14H,5,9H2,1-4H3. The zero-order chi connectivity index (χ0) is 14.6. The smallest absolute Gasteiger partial charge is 0.166 e. The largest absolute Gasteiger partial charge is 0.370 e. The van der Waals surface area contributed by atoms with Crippen LogP contribution in [-0.4, -0.2) is 18.5 Å². The van der Waals surface area contributed by atoms with Crippen LogP contribution in [0.2, 0.25) is 0 Å². The molecule has 106 valence electrons. The number of hydrogen-bond donors (Lipinski definition) is 0. The van der Waals surface area contributed by atoms with Gasteiger partial charge in [-0.05, 0) is 36.1 Å². The second-order valence-corrected chi connectivity index (χ2v) is 6.50. The molecule has 1 unspecified atom stereocenters. The van der Waals surface area contributed by atoms with E-state index >= 15 is 0 Å². The third-order valence-corrected chi connectivity index (χ3v) is 3.28. The van der Waals surface area contributed by atoms with E-state index in [1.54, 1.807) is 12.1 Å². The third kappa shape index (κ3) is 4.69. The lowest BCUT2D eigenvalue weighted by Gasteiger charge is -2.29. The van der Waals surface area contributed by atoms with Gasteiger partial charge >= 0.3 is 0 Å². The molecule has 2 nitrogen and oxygen atoms in total. The first kappa shape index (κ1) is 16.3. The Kier molecular flexibility index (Phi) is 5.68. The van der Waals surface area contributed by atoms with E-state index in [2.05, 4.69) is 15.9 Å². The average molecular weight is 331 g/mol. The van der Waals surface area contributed by atoms with E-state index in [0.29, 0.717) is 12.2 Å². The van der Waals surface area contributed by atoms with Gasteiger partial charge in [-0.3, -0.25) is 4.79 Å². The third-order valence-electron chi connectivity index (χ3n) is 2.78. The van der Waals surface area contributed by atoms with Crippen molar-refractivity contribution in [2.75, 3.05) is 6.61 Å². The Morgan fingerprint density at radius 2 is 2.05 bits per heavy atom. The van der Waals surface area contributed by atoms with E-state index in [1.807, 2.05) is 27.7 Å². The lowest BCUT2D eigenvalue weighted by molar-refractivity contribution is -0.136. The van der Waals surface area contributed by atoms with Gasteiger partial charge in [0.05, 0.1) is 0 Å². The van der Waals surface area contributed by atoms with Crippen molar-refractivity contribution >= 4 is 21.7 Å². The number of hydrogen-bond acceptors (Lipinski definition) is 2. The molecule has 1 aromatic rings. The molecule has 19 heavy (non-hydrogen) atoms. The zero-order valence-corrected chi connectivity index (χ0v) is 13.4. The van der Waals surface area contributed by atoms with Gasteiger partial charge in [-0.25, -0.2) is 4.39 Å². The van der Waals surface area contributed by atoms with Gasteiger partial charge in [0.1, 0.15) is 11.9 Å². The predicted molar refractivity (Wildman–Crippen MR) is 77.7 cm³/mol. The number of halogens is 2. The monoisotopic (exact) mass is 330 g/mol. The molecular weight excluding hydrogens is 311 g/mol. The molecule has 0 amide bonds. The SMILES string of the molecule is CCOC(C(=O)Cc1cc(Br)ccc1F)C(C)(C)C. The maximum absolute atomic E-state index is 13.7. The fourth-order valence-electron chi connectivity index (χ4n) is 1.95. The Morgan fingerprint density at radius 3 is 2.58 bits per heavy atom. The highest BCUT2D eigenvalue weighted by molar-refractivity contribution is 9.10. The van der Waals surface area contributed by atoms with Crippen LogP contribution in [0.25, 0.3) is 0 Å². The first-order valence-electron chi connectivity index (χ1n) is 6.34. The van der Waals surface area contributed by atoms with Crippen molar-refractivity contribution < 1.29 is 13.9 Å². The number of rotatable bonds is 5. The molecule has 1 atom stereocenters. The Balaban J connectivity index is 2.90. The molecule has 0 aliphatic rings. The lowest BCUT2D eigenvalue weighted by atomic mass is 9.84. The maximum Gasteiger partial charge on any atom is 0.166 e. The van der Waals surface area contributed by atoms with Crippen molar-refractivity contribution in [3.63, 3.8) is 0 Å². The van der Waals surface area contributed by atoms with Crippen LogP contribution < -0.4 is 0 Å². The van der Waals surface area contributed by atoms with Crippen LogP contribution in [0.5, 0.6) is 0 Å². The summed E-state index contributed by atoms with van der Waals surface area (Å²) < 4.78 is 20.0. The molecule has 0 N–H and O–H groups in total. The summed E-state index contributed by atoms with van der Waals surface area (Å²) in [5.41, 5.74) is 0.101. The summed E-state index contributed by atoms with van der Waals surface area (Å²) >= 11 is 3.28. The number of Topliss-reactive ketones (excluding diaryl/α,β-unsaturated/α-hetero) is 1. The summed E-state index contributed by atoms with van der Waals surface area (Å²) in [6.45, 7) is 8.16. The van der Waals surface area contributed by atoms with Crippen LogP contribution in [0.3, 0.4) is 0 Å². The molecule has 1 aromatic carbocycles. The van der Waals surface area contributed by atoms with Gasteiger partial charge in [0.25, 0.3) is 0 Å². The van der Waals surface area contributed by atoms with Crippen LogP contribution in [0.4, 0.5) is 4.39 Å². The average Bonchev–Trinajstić information content (AvgIpc) is 2.29. The first-order chi connectivity index (χ1) is 8.75. The fourth-order valence-corrected chi connectivity index (χ4v) is 2.36. The number of carbonyl (C=O) groups is 1. The number of benzene rings is 1. The molecule has 0 aromatic heterocycles. The number of ketones is 1. The van der Waals surface area contributed by atoms with Crippen molar-refractivity contribution in [3.8, 4) is 0 Å². The van der Waals surface area contributed by atoms with Crippen LogP contribution in [0.1, 0.15) is 33.3 Å². The molecule has 4 heteroatoms. The van der Waals surface area contributed by atoms with Crippen molar-refractivity contribution in [2.45, 2.75) is 40.2 Å². The van der Waals surface area contributed by atoms with E-state index in [-0.39, 0.29) is 23.4 Å². The van der Waals surface area contributed by atoms with Gasteiger partial charge in [0, 0.05) is 17.5 Å². The van der Waals surface area contributed by atoms with E-state index in [0.717, 1.165) is 4.47 Å². The van der Waals surface area contributed by atoms with Crippen molar-refractivity contribution in [2.24, 2.45) is 5.41 Å². The predicted octanol–water partition coefficient (Wildman–Crippen LogP) is 4.15. The molecule has 0 aliphatic carbocycles. The van der Waals surface area contributed by atoms with Crippen molar-refractivity contribution in [3.05, 3.63) is 34.1 Å². The summed E-state index contributed by atoms with van der Waals surface area (Å²) in [6, 6.07) is 4.62. The molecule has 0 aliphatic heterocycles. The molecule has 0 radical (unpaired) electrons. The topological polar surface area (TPSA) is 26.3 Å². The molecule has 0 saturated carbocycles. The van der Waals surface area contributed by atoms with Crippen molar-refractivity contribution in [1.29, 1.82) is 0 Å². The van der Waals surface area contributed by atoms with Crippen molar-refractivity contribution in [1.82, 2.24) is 0 Å². The van der Waals surface area contributed by atoms with Gasteiger partial charge in [-0.1, -0.05) is 36.7 Å². The maximum atomic E-state index is 13.7. The van der Waals surface area contributed by atoms with E-state index in [9.17, 15) is 9.18 Å². The van der Waals surface area contributed by atoms with Gasteiger partial charge in [0.2, 0.25) is 0 Å². The normalized spacial score (nSPS) is 13.4. The van der Waals surface area contributed by atoms with E-state index < -0.39 is 6.10 Å². The lowest BCUT2D eigenvalue weighted by Crippen LogP contribution is -2.38. The van der Waals surface area contributed by atoms with Crippen LogP contribution >= 0.6 is 15.9 Å². The molecule has 0 bridgehead atoms. The summed E-state index contributed by atoms with van der Waals surface area (Å²) in [6.07, 6.45) is -0.469. The minimum atomic E-state index is -0.518. The number of carbonyl (C=O) groups excluding carboxylic acids is 1. The van der Waals surface area contributed by atoms with Crippen LogP contribution in [0, 0.1) is 11.2 Å². The Bertz CT molecular complexity index is 452. The van der Waals surface area contributed by atoms with Gasteiger partial charge < -0.3 is 4.74 Å². The van der Waals surface area contributed by atoms with Crippen LogP contribution in [-0.2, 0) is 16.0 Å². The minimum absolute atomic E-state index is 0.0488. The molecular formula is C15H20BrFO2. The summed E-state index contributed by atoms with van der Waals surface area (Å²) in [5.74, 6) is -0.452. The minimum Gasteiger partial charge on any atom is -0.370 e. The quantitative estimate of drug-likeness (QED) is 0.810. The number of ether oxygens (including phenoxy) is 1. The highest BCUT2D eigenvalue weighted by Crippen LogP contribution is 2.25. The van der Waals surface area contributed by atoms with E-state index in [4.69, 9.17) is 4.74 Å². The highest BCUT2D eigenvalue weighted by Gasteiger charge is 2.31. The molecule has 0 fully saturated rings. The summed E-state index contributed by atoms with van der Waals surface area (Å²) in [4.78, 5) is 12.3. The van der Waals surface area contributed by atoms with Gasteiger partial charge in [-0.2, -0.15) is 0 Å². The first-order valence-corrected chi connectivity index (χ1v) is 7.13. The van der Waals surface area contributed by atoms with Gasteiger partial charge in [-0.15, -0.1) is 0 Å². The van der Waals surface area contributed by atoms with Crippen LogP contribution in [0.15, 0.2) is 22.7 Å². The highest BCUT2D eigenvalue weighted by atomic mass is 79.9. The molecule has 0 saturated heterocycles. The molecule has 1 rings (SSSR count). The zero-order valence-electron chi connectivity index (χ0n) is 11.8. The fraction of sp³-hybridized carbons (Fsp3) is 0.533. The second kappa shape index (κ2) is 6.62. The Morgan fingerprint density at radius 1 is 1.42 bits per heavy atom. The second-order valence-electron chi connectivity index (χ2n) is 5.58. The van der Waals surface area contributed by atoms with E-state index in [1.165, 1.54) is 6.07 Å². The Hall–Kier alpha value is -0.740.